The second kappa shape index (κ2) is 8.57. The van der Waals surface area contributed by atoms with Gasteiger partial charge in [0, 0.05) is 27.9 Å². The molecule has 2 aromatic carbocycles. The van der Waals surface area contributed by atoms with Crippen LogP contribution in [0.2, 0.25) is 0 Å². The Bertz CT molecular complexity index is 1410. The maximum absolute atomic E-state index is 13.8. The molecule has 0 saturated carbocycles. The Morgan fingerprint density at radius 1 is 0.971 bits per heavy atom. The van der Waals surface area contributed by atoms with Crippen LogP contribution in [0.15, 0.2) is 58.0 Å². The molecular formula is C23H21BrN2O7S. The SMILES string of the molecule is COc1ccc(S(=O)(=O)N2C(=O)C(O)(c3cc(C)ccc3OC)c3cc(Br)cnc32)c(OC)c1. The van der Waals surface area contributed by atoms with Gasteiger partial charge in [0.25, 0.3) is 15.9 Å². The van der Waals surface area contributed by atoms with Gasteiger partial charge in [-0.1, -0.05) is 11.6 Å². The van der Waals surface area contributed by atoms with Gasteiger partial charge in [-0.15, -0.1) is 0 Å². The van der Waals surface area contributed by atoms with Gasteiger partial charge in [-0.25, -0.2) is 13.4 Å². The molecule has 0 saturated heterocycles. The monoisotopic (exact) mass is 548 g/mol. The van der Waals surface area contributed by atoms with Gasteiger partial charge < -0.3 is 19.3 Å². The number of halogens is 1. The first-order chi connectivity index (χ1) is 16.1. The molecule has 1 N–H and O–H groups in total. The number of sulfonamides is 1. The van der Waals surface area contributed by atoms with Crippen molar-refractivity contribution in [3.05, 3.63) is 69.8 Å². The molecule has 0 spiro atoms. The normalized spacial score (nSPS) is 17.5. The fourth-order valence-corrected chi connectivity index (χ4v) is 5.78. The summed E-state index contributed by atoms with van der Waals surface area (Å²) in [5.74, 6) is -0.790. The first-order valence-corrected chi connectivity index (χ1v) is 12.2. The van der Waals surface area contributed by atoms with Crippen LogP contribution in [0.5, 0.6) is 17.2 Å². The lowest BCUT2D eigenvalue weighted by molar-refractivity contribution is -0.131. The Morgan fingerprint density at radius 2 is 1.68 bits per heavy atom. The predicted octanol–water partition coefficient (Wildman–Crippen LogP) is 3.15. The highest BCUT2D eigenvalue weighted by atomic mass is 79.9. The third-order valence-corrected chi connectivity index (χ3v) is 7.69. The molecule has 1 amide bonds. The minimum absolute atomic E-state index is 0.00757. The van der Waals surface area contributed by atoms with Crippen molar-refractivity contribution in [1.82, 2.24) is 4.98 Å². The summed E-state index contributed by atoms with van der Waals surface area (Å²) >= 11 is 3.30. The van der Waals surface area contributed by atoms with E-state index in [2.05, 4.69) is 20.9 Å². The van der Waals surface area contributed by atoms with Crippen molar-refractivity contribution < 1.29 is 32.5 Å². The summed E-state index contributed by atoms with van der Waals surface area (Å²) in [6.45, 7) is 1.78. The number of carbonyl (C=O) groups excluding carboxylic acids is 1. The smallest absolute Gasteiger partial charge is 0.283 e. The van der Waals surface area contributed by atoms with E-state index in [1.165, 1.54) is 51.8 Å². The third kappa shape index (κ3) is 3.51. The van der Waals surface area contributed by atoms with E-state index < -0.39 is 21.5 Å². The number of anilines is 1. The molecule has 1 atom stereocenters. The maximum atomic E-state index is 13.8. The van der Waals surface area contributed by atoms with Crippen LogP contribution in [0.4, 0.5) is 5.82 Å². The first-order valence-electron chi connectivity index (χ1n) is 9.94. The molecule has 1 aliphatic rings. The largest absolute Gasteiger partial charge is 0.497 e. The Labute approximate surface area is 205 Å². The number of aryl methyl sites for hydroxylation is 1. The van der Waals surface area contributed by atoms with Crippen molar-refractivity contribution in [2.75, 3.05) is 25.6 Å². The van der Waals surface area contributed by atoms with Crippen LogP contribution in [-0.4, -0.2) is 45.7 Å². The van der Waals surface area contributed by atoms with Crippen molar-refractivity contribution >= 4 is 37.7 Å². The molecule has 0 fully saturated rings. The number of hydrogen-bond acceptors (Lipinski definition) is 8. The van der Waals surface area contributed by atoms with Gasteiger partial charge in [0.15, 0.2) is 5.82 Å². The summed E-state index contributed by atoms with van der Waals surface area (Å²) in [4.78, 5) is 17.7. The van der Waals surface area contributed by atoms with Gasteiger partial charge in [0.2, 0.25) is 5.60 Å². The number of rotatable bonds is 6. The van der Waals surface area contributed by atoms with Gasteiger partial charge in [0.1, 0.15) is 22.1 Å². The highest BCUT2D eigenvalue weighted by Crippen LogP contribution is 2.49. The summed E-state index contributed by atoms with van der Waals surface area (Å²) in [6, 6.07) is 10.5. The second-order valence-corrected chi connectivity index (χ2v) is 10.2. The molecule has 4 rings (SSSR count). The van der Waals surface area contributed by atoms with E-state index in [1.54, 1.807) is 25.1 Å². The number of carbonyl (C=O) groups is 1. The van der Waals surface area contributed by atoms with Crippen LogP contribution in [0.3, 0.4) is 0 Å². The Hall–Kier alpha value is -3.15. The van der Waals surface area contributed by atoms with Crippen LogP contribution in [0.25, 0.3) is 0 Å². The number of amides is 1. The average Bonchev–Trinajstić information content (AvgIpc) is 3.06. The molecule has 1 aromatic heterocycles. The molecule has 0 aliphatic carbocycles. The number of methoxy groups -OCH3 is 3. The molecule has 1 unspecified atom stereocenters. The molecule has 1 aliphatic heterocycles. The van der Waals surface area contributed by atoms with Gasteiger partial charge in [-0.2, -0.15) is 4.31 Å². The Morgan fingerprint density at radius 3 is 2.32 bits per heavy atom. The third-order valence-electron chi connectivity index (χ3n) is 5.54. The van der Waals surface area contributed by atoms with Crippen LogP contribution < -0.4 is 18.5 Å². The van der Waals surface area contributed by atoms with Crippen molar-refractivity contribution in [2.45, 2.75) is 17.4 Å². The minimum Gasteiger partial charge on any atom is -0.497 e. The molecule has 178 valence electrons. The molecular weight excluding hydrogens is 528 g/mol. The zero-order chi connectivity index (χ0) is 24.8. The van der Waals surface area contributed by atoms with Crippen LogP contribution in [0, 0.1) is 6.92 Å². The summed E-state index contributed by atoms with van der Waals surface area (Å²) in [5, 5.41) is 11.9. The fourth-order valence-electron chi connectivity index (χ4n) is 3.89. The van der Waals surface area contributed by atoms with Crippen molar-refractivity contribution in [3.63, 3.8) is 0 Å². The number of benzene rings is 2. The summed E-state index contributed by atoms with van der Waals surface area (Å²) < 4.78 is 44.3. The number of pyridine rings is 1. The number of ether oxygens (including phenoxy) is 3. The summed E-state index contributed by atoms with van der Waals surface area (Å²) in [6.07, 6.45) is 1.35. The van der Waals surface area contributed by atoms with E-state index in [9.17, 15) is 18.3 Å². The quantitative estimate of drug-likeness (QED) is 0.499. The summed E-state index contributed by atoms with van der Waals surface area (Å²) in [5.41, 5.74) is -1.55. The molecule has 3 aromatic rings. The molecule has 11 heteroatoms. The Balaban J connectivity index is 2.00. The number of hydrogen-bond donors (Lipinski definition) is 1. The van der Waals surface area contributed by atoms with Crippen molar-refractivity contribution in [1.29, 1.82) is 0 Å². The van der Waals surface area contributed by atoms with Crippen LogP contribution >= 0.6 is 15.9 Å². The number of nitrogens with zero attached hydrogens (tertiary/aromatic N) is 2. The first kappa shape index (κ1) is 24.0. The van der Waals surface area contributed by atoms with Crippen LogP contribution in [0.1, 0.15) is 16.7 Å². The molecule has 9 nitrogen and oxygen atoms in total. The molecule has 0 radical (unpaired) electrons. The molecule has 2 heterocycles. The average molecular weight is 549 g/mol. The lowest BCUT2D eigenvalue weighted by atomic mass is 9.87. The lowest BCUT2D eigenvalue weighted by Crippen LogP contribution is -2.44. The van der Waals surface area contributed by atoms with Gasteiger partial charge in [-0.05, 0) is 53.2 Å². The second-order valence-electron chi connectivity index (χ2n) is 7.53. The predicted molar refractivity (Wildman–Crippen MR) is 127 cm³/mol. The zero-order valence-corrected chi connectivity index (χ0v) is 21.1. The van der Waals surface area contributed by atoms with Gasteiger partial charge in [-0.3, -0.25) is 4.79 Å². The van der Waals surface area contributed by atoms with Crippen molar-refractivity contribution in [2.24, 2.45) is 0 Å². The van der Waals surface area contributed by atoms with Crippen LogP contribution in [-0.2, 0) is 20.4 Å². The highest BCUT2D eigenvalue weighted by Gasteiger charge is 2.57. The highest BCUT2D eigenvalue weighted by molar-refractivity contribution is 9.10. The fraction of sp³-hybridized carbons (Fsp3) is 0.217. The van der Waals surface area contributed by atoms with E-state index in [1.807, 2.05) is 0 Å². The van der Waals surface area contributed by atoms with E-state index in [4.69, 9.17) is 14.2 Å². The number of fused-ring (bicyclic) bond motifs is 1. The minimum atomic E-state index is -4.57. The number of aromatic nitrogens is 1. The topological polar surface area (TPSA) is 115 Å². The van der Waals surface area contributed by atoms with E-state index in [0.717, 1.165) is 5.56 Å². The lowest BCUT2D eigenvalue weighted by Gasteiger charge is -2.25. The molecule has 34 heavy (non-hydrogen) atoms. The van der Waals surface area contributed by atoms with Gasteiger partial charge in [0.05, 0.1) is 21.3 Å². The van der Waals surface area contributed by atoms with E-state index >= 15 is 0 Å². The van der Waals surface area contributed by atoms with E-state index in [0.29, 0.717) is 14.5 Å². The van der Waals surface area contributed by atoms with Gasteiger partial charge >= 0.3 is 0 Å². The zero-order valence-electron chi connectivity index (χ0n) is 18.7. The number of aliphatic hydroxyl groups is 1. The summed E-state index contributed by atoms with van der Waals surface area (Å²) in [7, 11) is -0.436. The van der Waals surface area contributed by atoms with Crippen molar-refractivity contribution in [3.8, 4) is 17.2 Å². The van der Waals surface area contributed by atoms with E-state index in [-0.39, 0.29) is 33.3 Å². The molecule has 0 bridgehead atoms. The Kier molecular flexibility index (Phi) is 6.05. The maximum Gasteiger partial charge on any atom is 0.283 e. The standard InChI is InChI=1S/C23H21BrN2O7S/c1-13-5-7-18(32-3)16(9-13)23(28)17-10-14(24)12-25-21(17)26(22(23)27)34(29,30)20-8-6-15(31-2)11-19(20)33-4/h5-12,28H,1-4H3.